The lowest BCUT2D eigenvalue weighted by Crippen LogP contribution is -2.40. The molecule has 0 bridgehead atoms. The maximum absolute atomic E-state index is 13.7. The zero-order valence-electron chi connectivity index (χ0n) is 19.9. The Balaban J connectivity index is 1.42. The second kappa shape index (κ2) is 9.21. The third-order valence-electron chi connectivity index (χ3n) is 6.44. The van der Waals surface area contributed by atoms with Gasteiger partial charge in [0.05, 0.1) is 41.7 Å². The number of carbonyl (C=O) groups excluding carboxylic acids is 1. The van der Waals surface area contributed by atoms with Gasteiger partial charge in [-0.3, -0.25) is 14.6 Å². The summed E-state index contributed by atoms with van der Waals surface area (Å²) in [5.74, 6) is 1.05. The molecule has 2 aromatic carbocycles. The number of nitrogens with zero attached hydrogens (tertiary/aromatic N) is 6. The fourth-order valence-electron chi connectivity index (χ4n) is 4.45. The standard InChI is InChI=1S/C25H27N7O3/c1-16-4-7-22(32-26-9-10-27-32)20(14-16)24(34)31-13-12-30(11-8-17(31)2)25-28-21-6-5-18(35-3)15-19(21)23(33)29-25/h4-7,9-10,14-15,17H,8,11-13H2,1-3H3,(H,28,29,33). The van der Waals surface area contributed by atoms with Gasteiger partial charge in [-0.2, -0.15) is 15.0 Å². The lowest BCUT2D eigenvalue weighted by Gasteiger charge is -2.27. The van der Waals surface area contributed by atoms with E-state index in [0.717, 1.165) is 12.0 Å². The number of benzene rings is 2. The Morgan fingerprint density at radius 2 is 1.89 bits per heavy atom. The lowest BCUT2D eigenvalue weighted by molar-refractivity contribution is 0.0704. The van der Waals surface area contributed by atoms with Crippen molar-refractivity contribution in [3.05, 3.63) is 70.3 Å². The zero-order valence-corrected chi connectivity index (χ0v) is 19.9. The number of amides is 1. The molecule has 1 fully saturated rings. The van der Waals surface area contributed by atoms with E-state index in [1.807, 2.05) is 41.8 Å². The Bertz CT molecular complexity index is 1430. The van der Waals surface area contributed by atoms with E-state index < -0.39 is 0 Å². The Hall–Kier alpha value is -4.21. The van der Waals surface area contributed by atoms with E-state index in [9.17, 15) is 9.59 Å². The largest absolute Gasteiger partial charge is 0.497 e. The summed E-state index contributed by atoms with van der Waals surface area (Å²) in [7, 11) is 1.56. The average molecular weight is 474 g/mol. The van der Waals surface area contributed by atoms with Crippen LogP contribution in [-0.4, -0.2) is 68.6 Å². The molecule has 35 heavy (non-hydrogen) atoms. The van der Waals surface area contributed by atoms with E-state index in [0.29, 0.717) is 53.5 Å². The topological polar surface area (TPSA) is 109 Å². The number of rotatable bonds is 4. The number of H-pyrrole nitrogens is 1. The molecule has 180 valence electrons. The van der Waals surface area contributed by atoms with E-state index in [4.69, 9.17) is 4.74 Å². The number of hydrogen-bond donors (Lipinski definition) is 1. The minimum atomic E-state index is -0.217. The van der Waals surface area contributed by atoms with Crippen LogP contribution in [0.15, 0.2) is 53.6 Å². The third-order valence-corrected chi connectivity index (χ3v) is 6.44. The number of aryl methyl sites for hydroxylation is 1. The van der Waals surface area contributed by atoms with Crippen molar-refractivity contribution in [1.82, 2.24) is 29.9 Å². The van der Waals surface area contributed by atoms with Crippen LogP contribution in [0.5, 0.6) is 5.75 Å². The zero-order chi connectivity index (χ0) is 24.5. The molecule has 4 aromatic rings. The number of aromatic nitrogens is 5. The van der Waals surface area contributed by atoms with E-state index in [-0.39, 0.29) is 17.5 Å². The number of carbonyl (C=O) groups is 1. The van der Waals surface area contributed by atoms with Crippen LogP contribution in [0.1, 0.15) is 29.3 Å². The number of hydrogen-bond acceptors (Lipinski definition) is 7. The molecule has 1 saturated heterocycles. The van der Waals surface area contributed by atoms with Crippen molar-refractivity contribution in [2.24, 2.45) is 0 Å². The molecule has 1 atom stereocenters. The quantitative estimate of drug-likeness (QED) is 0.485. The molecule has 1 aliphatic heterocycles. The average Bonchev–Trinajstić information content (AvgIpc) is 3.33. The number of anilines is 1. The first-order valence-electron chi connectivity index (χ1n) is 11.6. The highest BCUT2D eigenvalue weighted by molar-refractivity contribution is 5.98. The maximum atomic E-state index is 13.7. The molecule has 1 aliphatic rings. The monoisotopic (exact) mass is 473 g/mol. The molecular formula is C25H27N7O3. The van der Waals surface area contributed by atoms with Crippen LogP contribution >= 0.6 is 0 Å². The molecule has 3 heterocycles. The molecule has 0 saturated carbocycles. The first kappa shape index (κ1) is 22.6. The Labute approximate surface area is 202 Å². The van der Waals surface area contributed by atoms with Crippen molar-refractivity contribution < 1.29 is 9.53 Å². The smallest absolute Gasteiger partial charge is 0.260 e. The van der Waals surface area contributed by atoms with Crippen molar-refractivity contribution in [1.29, 1.82) is 0 Å². The van der Waals surface area contributed by atoms with E-state index in [2.05, 4.69) is 20.2 Å². The molecule has 10 nitrogen and oxygen atoms in total. The van der Waals surface area contributed by atoms with Gasteiger partial charge in [-0.1, -0.05) is 11.6 Å². The molecule has 5 rings (SSSR count). The molecule has 0 radical (unpaired) electrons. The summed E-state index contributed by atoms with van der Waals surface area (Å²) in [4.78, 5) is 39.4. The van der Waals surface area contributed by atoms with Gasteiger partial charge in [-0.25, -0.2) is 4.98 Å². The van der Waals surface area contributed by atoms with Crippen LogP contribution in [-0.2, 0) is 0 Å². The Morgan fingerprint density at radius 1 is 1.09 bits per heavy atom. The highest BCUT2D eigenvalue weighted by Gasteiger charge is 2.28. The molecule has 0 aliphatic carbocycles. The van der Waals surface area contributed by atoms with Gasteiger partial charge in [0, 0.05) is 25.7 Å². The molecule has 1 N–H and O–H groups in total. The van der Waals surface area contributed by atoms with E-state index >= 15 is 0 Å². The fourth-order valence-corrected chi connectivity index (χ4v) is 4.45. The summed E-state index contributed by atoms with van der Waals surface area (Å²) in [5.41, 5.74) is 2.58. The number of nitrogens with one attached hydrogen (secondary N) is 1. The van der Waals surface area contributed by atoms with Gasteiger partial charge in [-0.15, -0.1) is 0 Å². The van der Waals surface area contributed by atoms with Gasteiger partial charge < -0.3 is 14.5 Å². The van der Waals surface area contributed by atoms with Crippen LogP contribution < -0.4 is 15.2 Å². The van der Waals surface area contributed by atoms with Gasteiger partial charge in [0.2, 0.25) is 5.95 Å². The van der Waals surface area contributed by atoms with E-state index in [1.165, 1.54) is 4.80 Å². The van der Waals surface area contributed by atoms with Gasteiger partial charge in [0.15, 0.2) is 0 Å². The highest BCUT2D eigenvalue weighted by atomic mass is 16.5. The van der Waals surface area contributed by atoms with Crippen molar-refractivity contribution in [3.8, 4) is 11.4 Å². The molecule has 2 aromatic heterocycles. The highest BCUT2D eigenvalue weighted by Crippen LogP contribution is 2.23. The summed E-state index contributed by atoms with van der Waals surface area (Å²) in [6.45, 7) is 5.71. The Morgan fingerprint density at radius 3 is 2.66 bits per heavy atom. The normalized spacial score (nSPS) is 16.4. The summed E-state index contributed by atoms with van der Waals surface area (Å²) in [6, 6.07) is 11.0. The van der Waals surface area contributed by atoms with Crippen LogP contribution in [0.3, 0.4) is 0 Å². The predicted octanol–water partition coefficient (Wildman–Crippen LogP) is 2.56. The third kappa shape index (κ3) is 4.34. The van der Waals surface area contributed by atoms with Gasteiger partial charge in [-0.05, 0) is 50.6 Å². The number of methoxy groups -OCH3 is 1. The minimum Gasteiger partial charge on any atom is -0.497 e. The lowest BCUT2D eigenvalue weighted by atomic mass is 10.1. The Kier molecular flexibility index (Phi) is 5.94. The molecule has 1 unspecified atom stereocenters. The number of aromatic amines is 1. The molecular weight excluding hydrogens is 446 g/mol. The van der Waals surface area contributed by atoms with Crippen LogP contribution in [0, 0.1) is 6.92 Å². The molecule has 10 heteroatoms. The molecule has 1 amide bonds. The first-order valence-corrected chi connectivity index (χ1v) is 11.6. The summed E-state index contributed by atoms with van der Waals surface area (Å²) < 4.78 is 5.22. The minimum absolute atomic E-state index is 0.00267. The van der Waals surface area contributed by atoms with Crippen LogP contribution in [0.25, 0.3) is 16.6 Å². The first-order chi connectivity index (χ1) is 16.9. The van der Waals surface area contributed by atoms with Crippen LogP contribution in [0.2, 0.25) is 0 Å². The van der Waals surface area contributed by atoms with Crippen molar-refractivity contribution in [2.75, 3.05) is 31.6 Å². The SMILES string of the molecule is COc1ccc2nc(N3CCC(C)N(C(=O)c4cc(C)ccc4-n4nccn4)CC3)[nH]c(=O)c2c1. The second-order valence-corrected chi connectivity index (χ2v) is 8.74. The fraction of sp³-hybridized carbons (Fsp3) is 0.320. The van der Waals surface area contributed by atoms with Gasteiger partial charge >= 0.3 is 0 Å². The van der Waals surface area contributed by atoms with E-state index in [1.54, 1.807) is 37.7 Å². The van der Waals surface area contributed by atoms with Crippen LogP contribution in [0.4, 0.5) is 5.95 Å². The second-order valence-electron chi connectivity index (χ2n) is 8.74. The number of ether oxygens (including phenoxy) is 1. The summed E-state index contributed by atoms with van der Waals surface area (Å²) >= 11 is 0. The maximum Gasteiger partial charge on any atom is 0.260 e. The van der Waals surface area contributed by atoms with Crippen molar-refractivity contribution in [3.63, 3.8) is 0 Å². The summed E-state index contributed by atoms with van der Waals surface area (Å²) in [6.07, 6.45) is 3.92. The van der Waals surface area contributed by atoms with Crippen molar-refractivity contribution in [2.45, 2.75) is 26.3 Å². The van der Waals surface area contributed by atoms with Gasteiger partial charge in [0.25, 0.3) is 11.5 Å². The molecule has 0 spiro atoms. The number of fused-ring (bicyclic) bond motifs is 1. The van der Waals surface area contributed by atoms with Gasteiger partial charge in [0.1, 0.15) is 5.75 Å². The summed E-state index contributed by atoms with van der Waals surface area (Å²) in [5, 5.41) is 8.91. The van der Waals surface area contributed by atoms with Crippen molar-refractivity contribution >= 4 is 22.8 Å². The predicted molar refractivity (Wildman–Crippen MR) is 132 cm³/mol.